The molecule has 0 unspecified atom stereocenters. The van der Waals surface area contributed by atoms with Crippen molar-refractivity contribution >= 4 is 10.5 Å². The van der Waals surface area contributed by atoms with E-state index in [0.717, 1.165) is 17.1 Å². The summed E-state index contributed by atoms with van der Waals surface area (Å²) >= 11 is 0. The van der Waals surface area contributed by atoms with Gasteiger partial charge in [0.1, 0.15) is 10.5 Å². The van der Waals surface area contributed by atoms with Crippen molar-refractivity contribution in [2.24, 2.45) is 0 Å². The van der Waals surface area contributed by atoms with Crippen LogP contribution >= 0.6 is 0 Å². The number of rotatable bonds is 2. The van der Waals surface area contributed by atoms with Gasteiger partial charge in [-0.2, -0.15) is 0 Å². The maximum Gasteiger partial charge on any atom is 0.146 e. The highest BCUT2D eigenvalue weighted by molar-refractivity contribution is 5.97. The van der Waals surface area contributed by atoms with Crippen LogP contribution in [-0.2, 0) is 11.0 Å². The summed E-state index contributed by atoms with van der Waals surface area (Å²) in [6.07, 6.45) is 0. The summed E-state index contributed by atoms with van der Waals surface area (Å²) in [5.74, 6) is 0. The molecule has 0 fully saturated rings. The van der Waals surface area contributed by atoms with Gasteiger partial charge in [0.15, 0.2) is 0 Å². The first-order valence-electron chi connectivity index (χ1n) is 2.96. The van der Waals surface area contributed by atoms with Gasteiger partial charge >= 0.3 is 0 Å². The Kier molecular flexibility index (Phi) is 2.48. The van der Waals surface area contributed by atoms with E-state index in [9.17, 15) is 0 Å². The summed E-state index contributed by atoms with van der Waals surface area (Å²) in [7, 11) is 0.824. The van der Waals surface area contributed by atoms with Crippen molar-refractivity contribution in [1.82, 2.24) is 0 Å². The molecule has 0 amide bonds. The smallest absolute Gasteiger partial charge is 0.146 e. The van der Waals surface area contributed by atoms with Gasteiger partial charge in [0.2, 0.25) is 0 Å². The van der Waals surface area contributed by atoms with Crippen molar-refractivity contribution in [2.45, 2.75) is 6.61 Å². The lowest BCUT2D eigenvalue weighted by Crippen LogP contribution is -1.85. The largest absolute Gasteiger partial charge is 0.424 e. The molecule has 0 saturated heterocycles. The fourth-order valence-corrected chi connectivity index (χ4v) is 1.07. The van der Waals surface area contributed by atoms with Crippen molar-refractivity contribution in [3.63, 3.8) is 0 Å². The van der Waals surface area contributed by atoms with Crippen LogP contribution in [0.1, 0.15) is 5.56 Å². The van der Waals surface area contributed by atoms with E-state index in [4.69, 9.17) is 4.43 Å². The van der Waals surface area contributed by atoms with Gasteiger partial charge in [0.25, 0.3) is 0 Å². The molecule has 0 spiro atoms. The summed E-state index contributed by atoms with van der Waals surface area (Å²) < 4.78 is 5.07. The monoisotopic (exact) mass is 138 g/mol. The zero-order valence-electron chi connectivity index (χ0n) is 5.50. The fourth-order valence-electron chi connectivity index (χ4n) is 0.741. The second kappa shape index (κ2) is 3.43. The van der Waals surface area contributed by atoms with E-state index < -0.39 is 0 Å². The first kappa shape index (κ1) is 6.52. The molecule has 0 bridgehead atoms. The lowest BCUT2D eigenvalue weighted by atomic mass is 10.2. The first-order valence-corrected chi connectivity index (χ1v) is 3.78. The van der Waals surface area contributed by atoms with E-state index in [2.05, 4.69) is 12.1 Å². The van der Waals surface area contributed by atoms with Crippen LogP contribution in [0.15, 0.2) is 30.3 Å². The van der Waals surface area contributed by atoms with Crippen molar-refractivity contribution in [3.05, 3.63) is 35.9 Å². The predicted octanol–water partition coefficient (Wildman–Crippen LogP) is 0.484. The lowest BCUT2D eigenvalue weighted by Gasteiger charge is -1.95. The first-order chi connectivity index (χ1) is 4.43. The van der Waals surface area contributed by atoms with Gasteiger partial charge < -0.3 is 4.43 Å². The van der Waals surface area contributed by atoms with Crippen LogP contribution in [0.3, 0.4) is 0 Å². The molecular weight excluding hydrogens is 128 g/mol. The molecule has 2 heteroatoms. The molecular formula is C7H10OSi. The molecule has 1 aromatic carbocycles. The van der Waals surface area contributed by atoms with E-state index in [0.29, 0.717) is 0 Å². The minimum absolute atomic E-state index is 0.771. The average molecular weight is 138 g/mol. The highest BCUT2D eigenvalue weighted by atomic mass is 28.2. The summed E-state index contributed by atoms with van der Waals surface area (Å²) in [4.78, 5) is 0. The second-order valence-electron chi connectivity index (χ2n) is 1.92. The molecule has 0 aromatic heterocycles. The Bertz CT molecular complexity index is 162. The zero-order chi connectivity index (χ0) is 6.53. The van der Waals surface area contributed by atoms with Crippen molar-refractivity contribution in [1.29, 1.82) is 0 Å². The molecule has 0 aliphatic heterocycles. The van der Waals surface area contributed by atoms with E-state index in [-0.39, 0.29) is 0 Å². The third kappa shape index (κ3) is 1.99. The Morgan fingerprint density at radius 2 is 1.89 bits per heavy atom. The Labute approximate surface area is 58.2 Å². The van der Waals surface area contributed by atoms with Gasteiger partial charge in [-0.15, -0.1) is 0 Å². The number of hydrogen-bond donors (Lipinski definition) is 0. The van der Waals surface area contributed by atoms with Crippen LogP contribution < -0.4 is 0 Å². The highest BCUT2D eigenvalue weighted by Crippen LogP contribution is 1.97. The predicted molar refractivity (Wildman–Crippen MR) is 41.2 cm³/mol. The third-order valence-electron chi connectivity index (χ3n) is 1.15. The number of hydrogen-bond acceptors (Lipinski definition) is 1. The van der Waals surface area contributed by atoms with E-state index in [1.165, 1.54) is 5.56 Å². The van der Waals surface area contributed by atoms with Gasteiger partial charge in [-0.05, 0) is 5.56 Å². The Morgan fingerprint density at radius 1 is 1.22 bits per heavy atom. The molecule has 0 N–H and O–H groups in total. The zero-order valence-corrected chi connectivity index (χ0v) is 7.50. The molecule has 1 rings (SSSR count). The molecule has 0 atom stereocenters. The minimum atomic E-state index is 0.771. The van der Waals surface area contributed by atoms with E-state index in [1.807, 2.05) is 18.2 Å². The maximum atomic E-state index is 5.07. The van der Waals surface area contributed by atoms with Gasteiger partial charge in [-0.1, -0.05) is 30.3 Å². The quantitative estimate of drug-likeness (QED) is 0.540. The molecule has 0 saturated carbocycles. The second-order valence-corrected chi connectivity index (χ2v) is 2.50. The molecule has 48 valence electrons. The molecule has 0 aliphatic rings. The minimum Gasteiger partial charge on any atom is -0.424 e. The maximum absolute atomic E-state index is 5.07. The number of benzene rings is 1. The molecule has 0 radical (unpaired) electrons. The highest BCUT2D eigenvalue weighted by Gasteiger charge is 1.84. The van der Waals surface area contributed by atoms with Crippen LogP contribution in [0.4, 0.5) is 0 Å². The van der Waals surface area contributed by atoms with E-state index in [1.54, 1.807) is 0 Å². The molecule has 1 aromatic rings. The fraction of sp³-hybridized carbons (Fsp3) is 0.143. The van der Waals surface area contributed by atoms with Crippen molar-refractivity contribution < 1.29 is 4.43 Å². The Balaban J connectivity index is 2.61. The molecule has 1 nitrogen and oxygen atoms in total. The van der Waals surface area contributed by atoms with Crippen LogP contribution in [0, 0.1) is 0 Å². The normalized spacial score (nSPS) is 9.78. The van der Waals surface area contributed by atoms with Crippen molar-refractivity contribution in [2.75, 3.05) is 0 Å². The Morgan fingerprint density at radius 3 is 2.44 bits per heavy atom. The summed E-state index contributed by atoms with van der Waals surface area (Å²) in [6, 6.07) is 10.2. The average Bonchev–Trinajstić information content (AvgIpc) is 1.91. The van der Waals surface area contributed by atoms with Gasteiger partial charge in [0.05, 0.1) is 6.61 Å². The van der Waals surface area contributed by atoms with Crippen LogP contribution in [-0.4, -0.2) is 10.5 Å². The summed E-state index contributed by atoms with van der Waals surface area (Å²) in [5, 5.41) is 0. The summed E-state index contributed by atoms with van der Waals surface area (Å²) in [5.41, 5.74) is 1.26. The topological polar surface area (TPSA) is 9.23 Å². The standard InChI is InChI=1S/C7H10OSi/c9-8-6-7-4-2-1-3-5-7/h1-5H,6H2,9H3. The Hall–Kier alpha value is -0.603. The lowest BCUT2D eigenvalue weighted by molar-refractivity contribution is 0.338. The van der Waals surface area contributed by atoms with Crippen molar-refractivity contribution in [3.8, 4) is 0 Å². The van der Waals surface area contributed by atoms with Gasteiger partial charge in [-0.25, -0.2) is 0 Å². The molecule has 0 aliphatic carbocycles. The molecule has 0 heterocycles. The van der Waals surface area contributed by atoms with Crippen LogP contribution in [0.25, 0.3) is 0 Å². The van der Waals surface area contributed by atoms with Crippen LogP contribution in [0.2, 0.25) is 0 Å². The van der Waals surface area contributed by atoms with Crippen LogP contribution in [0.5, 0.6) is 0 Å². The van der Waals surface area contributed by atoms with Gasteiger partial charge in [-0.3, -0.25) is 0 Å². The third-order valence-corrected chi connectivity index (χ3v) is 1.44. The molecule has 9 heavy (non-hydrogen) atoms. The van der Waals surface area contributed by atoms with Gasteiger partial charge in [0, 0.05) is 0 Å². The summed E-state index contributed by atoms with van der Waals surface area (Å²) in [6.45, 7) is 0.771. The SMILES string of the molecule is [SiH3]OCc1ccccc1. The van der Waals surface area contributed by atoms with E-state index >= 15 is 0 Å².